The first kappa shape index (κ1) is 20.4. The van der Waals surface area contributed by atoms with Crippen LogP contribution in [0.3, 0.4) is 0 Å². The smallest absolute Gasteiger partial charge is 0.341 e. The van der Waals surface area contributed by atoms with E-state index < -0.39 is 5.97 Å². The third-order valence-corrected chi connectivity index (χ3v) is 5.25. The predicted molar refractivity (Wildman–Crippen MR) is 114 cm³/mol. The van der Waals surface area contributed by atoms with Gasteiger partial charge < -0.3 is 14.1 Å². The van der Waals surface area contributed by atoms with Gasteiger partial charge >= 0.3 is 5.97 Å². The molecule has 0 aromatic carbocycles. The molecule has 0 unspecified atom stereocenters. The average Bonchev–Trinajstić information content (AvgIpc) is 3.44. The van der Waals surface area contributed by atoms with Crippen LogP contribution in [0.15, 0.2) is 41.3 Å². The number of aryl methyl sites for hydroxylation is 2. The first-order valence-electron chi connectivity index (χ1n) is 9.70. The van der Waals surface area contributed by atoms with Gasteiger partial charge in [0.15, 0.2) is 6.61 Å². The molecule has 0 radical (unpaired) electrons. The standard InChI is InChI=1S/C22H23N5O4/c1-13-21(14(2)26(5)24-13)17-10-23-27-7-6-15(8-18(17)27)19-9-16(11-30-19)22(29)31-12-20(28)25(3)4/h6-11H,12H2,1-5H3. The number of rotatable bonds is 5. The number of ether oxygens (including phenoxy) is 1. The summed E-state index contributed by atoms with van der Waals surface area (Å²) in [5.41, 5.74) is 5.92. The van der Waals surface area contributed by atoms with Crippen molar-refractivity contribution in [2.75, 3.05) is 20.7 Å². The maximum absolute atomic E-state index is 12.2. The Morgan fingerprint density at radius 2 is 2.00 bits per heavy atom. The van der Waals surface area contributed by atoms with E-state index in [0.29, 0.717) is 5.76 Å². The van der Waals surface area contributed by atoms with Crippen LogP contribution < -0.4 is 0 Å². The Bertz CT molecular complexity index is 1290. The van der Waals surface area contributed by atoms with Gasteiger partial charge in [0.25, 0.3) is 5.91 Å². The molecule has 9 nitrogen and oxygen atoms in total. The van der Waals surface area contributed by atoms with Crippen LogP contribution >= 0.6 is 0 Å². The molecule has 0 saturated heterocycles. The predicted octanol–water partition coefficient (Wildman–Crippen LogP) is 2.86. The van der Waals surface area contributed by atoms with Crippen LogP contribution in [0.1, 0.15) is 21.7 Å². The molecule has 0 bridgehead atoms. The van der Waals surface area contributed by atoms with Gasteiger partial charge in [-0.05, 0) is 32.0 Å². The van der Waals surface area contributed by atoms with Crippen molar-refractivity contribution in [3.05, 3.63) is 53.8 Å². The molecule has 9 heteroatoms. The minimum Gasteiger partial charge on any atom is -0.463 e. The van der Waals surface area contributed by atoms with Crippen molar-refractivity contribution in [1.29, 1.82) is 0 Å². The third kappa shape index (κ3) is 3.70. The average molecular weight is 421 g/mol. The normalized spacial score (nSPS) is 11.1. The van der Waals surface area contributed by atoms with Gasteiger partial charge in [0.05, 0.1) is 23.0 Å². The molecule has 0 aliphatic carbocycles. The number of fused-ring (bicyclic) bond motifs is 1. The lowest BCUT2D eigenvalue weighted by Gasteiger charge is -2.09. The monoisotopic (exact) mass is 421 g/mol. The van der Waals surface area contributed by atoms with Crippen molar-refractivity contribution in [1.82, 2.24) is 24.3 Å². The molecule has 4 heterocycles. The second-order valence-electron chi connectivity index (χ2n) is 7.54. The summed E-state index contributed by atoms with van der Waals surface area (Å²) in [4.78, 5) is 25.2. The minimum absolute atomic E-state index is 0.245. The van der Waals surface area contributed by atoms with Gasteiger partial charge in [-0.2, -0.15) is 10.2 Å². The number of esters is 1. The van der Waals surface area contributed by atoms with Crippen molar-refractivity contribution in [3.8, 4) is 22.5 Å². The Morgan fingerprint density at radius 3 is 2.68 bits per heavy atom. The topological polar surface area (TPSA) is 94.9 Å². The number of hydrogen-bond donors (Lipinski definition) is 0. The first-order valence-corrected chi connectivity index (χ1v) is 9.70. The Kier molecular flexibility index (Phi) is 5.10. The lowest BCUT2D eigenvalue weighted by molar-refractivity contribution is -0.131. The summed E-state index contributed by atoms with van der Waals surface area (Å²) in [6, 6.07) is 5.42. The molecule has 4 rings (SSSR count). The fraction of sp³-hybridized carbons (Fsp3) is 0.273. The zero-order valence-corrected chi connectivity index (χ0v) is 18.0. The van der Waals surface area contributed by atoms with Crippen LogP contribution in [0.4, 0.5) is 0 Å². The molecule has 0 aliphatic rings. The maximum atomic E-state index is 12.2. The van der Waals surface area contributed by atoms with E-state index in [4.69, 9.17) is 9.15 Å². The van der Waals surface area contributed by atoms with Crippen molar-refractivity contribution in [3.63, 3.8) is 0 Å². The molecule has 1 amide bonds. The Morgan fingerprint density at radius 1 is 1.23 bits per heavy atom. The second-order valence-corrected chi connectivity index (χ2v) is 7.54. The number of nitrogens with zero attached hydrogens (tertiary/aromatic N) is 5. The summed E-state index contributed by atoms with van der Waals surface area (Å²) in [5.74, 6) is -0.394. The highest BCUT2D eigenvalue weighted by atomic mass is 16.5. The summed E-state index contributed by atoms with van der Waals surface area (Å²) in [7, 11) is 5.11. The highest BCUT2D eigenvalue weighted by Gasteiger charge is 2.18. The molecular weight excluding hydrogens is 398 g/mol. The van der Waals surface area contributed by atoms with Crippen molar-refractivity contribution < 1.29 is 18.7 Å². The van der Waals surface area contributed by atoms with E-state index in [1.54, 1.807) is 24.7 Å². The summed E-state index contributed by atoms with van der Waals surface area (Å²) in [5, 5.41) is 8.95. The molecule has 0 spiro atoms. The van der Waals surface area contributed by atoms with Crippen molar-refractivity contribution in [2.45, 2.75) is 13.8 Å². The fourth-order valence-electron chi connectivity index (χ4n) is 3.42. The number of pyridine rings is 1. The lowest BCUT2D eigenvalue weighted by atomic mass is 10.0. The number of furan rings is 1. The number of carbonyl (C=O) groups excluding carboxylic acids is 2. The van der Waals surface area contributed by atoms with E-state index in [9.17, 15) is 9.59 Å². The number of carbonyl (C=O) groups is 2. The molecule has 31 heavy (non-hydrogen) atoms. The van der Waals surface area contributed by atoms with Crippen molar-refractivity contribution in [2.24, 2.45) is 7.05 Å². The van der Waals surface area contributed by atoms with Gasteiger partial charge in [0.2, 0.25) is 0 Å². The Labute approximate surface area is 178 Å². The zero-order valence-electron chi connectivity index (χ0n) is 18.0. The zero-order chi connectivity index (χ0) is 22.3. The number of hydrogen-bond acceptors (Lipinski definition) is 6. The summed E-state index contributed by atoms with van der Waals surface area (Å²) in [6.45, 7) is 3.68. The summed E-state index contributed by atoms with van der Waals surface area (Å²) >= 11 is 0. The quantitative estimate of drug-likeness (QED) is 0.460. The fourth-order valence-corrected chi connectivity index (χ4v) is 3.42. The number of aromatic nitrogens is 4. The van der Waals surface area contributed by atoms with E-state index in [0.717, 1.165) is 33.6 Å². The molecule has 0 atom stereocenters. The van der Waals surface area contributed by atoms with E-state index in [-0.39, 0.29) is 18.1 Å². The van der Waals surface area contributed by atoms with E-state index in [1.165, 1.54) is 11.2 Å². The molecule has 0 fully saturated rings. The Hall–Kier alpha value is -3.88. The van der Waals surface area contributed by atoms with Gasteiger partial charge in [-0.1, -0.05) is 0 Å². The van der Waals surface area contributed by atoms with Crippen LogP contribution in [0.2, 0.25) is 0 Å². The first-order chi connectivity index (χ1) is 14.8. The van der Waals surface area contributed by atoms with E-state index in [2.05, 4.69) is 10.2 Å². The summed E-state index contributed by atoms with van der Waals surface area (Å²) < 4.78 is 14.3. The van der Waals surface area contributed by atoms with Crippen LogP contribution in [0, 0.1) is 13.8 Å². The van der Waals surface area contributed by atoms with E-state index >= 15 is 0 Å². The number of amides is 1. The molecule has 160 valence electrons. The van der Waals surface area contributed by atoms with Crippen LogP contribution in [0.25, 0.3) is 28.0 Å². The van der Waals surface area contributed by atoms with Gasteiger partial charge in [0.1, 0.15) is 12.0 Å². The largest absolute Gasteiger partial charge is 0.463 e. The van der Waals surface area contributed by atoms with Crippen molar-refractivity contribution >= 4 is 17.4 Å². The van der Waals surface area contributed by atoms with Gasteiger partial charge in [0, 0.05) is 49.7 Å². The molecule has 4 aromatic rings. The molecule has 0 N–H and O–H groups in total. The highest BCUT2D eigenvalue weighted by molar-refractivity contribution is 5.92. The van der Waals surface area contributed by atoms with Crippen LogP contribution in [-0.2, 0) is 16.6 Å². The Balaban J connectivity index is 1.64. The molecule has 0 saturated carbocycles. The maximum Gasteiger partial charge on any atom is 0.341 e. The van der Waals surface area contributed by atoms with Crippen LogP contribution in [-0.4, -0.2) is 56.9 Å². The minimum atomic E-state index is -0.613. The number of likely N-dealkylation sites (N-methyl/N-ethyl adjacent to an activating group) is 1. The second kappa shape index (κ2) is 7.75. The van der Waals surface area contributed by atoms with Gasteiger partial charge in [-0.3, -0.25) is 9.48 Å². The lowest BCUT2D eigenvalue weighted by Crippen LogP contribution is -2.27. The van der Waals surface area contributed by atoms with E-state index in [1.807, 2.05) is 50.1 Å². The molecule has 0 aliphatic heterocycles. The SMILES string of the molecule is Cc1nn(C)c(C)c1-c1cnn2ccc(-c3cc(C(=O)OCC(=O)N(C)C)co3)cc12. The van der Waals surface area contributed by atoms with Gasteiger partial charge in [-0.25, -0.2) is 9.31 Å². The molecular formula is C22H23N5O4. The summed E-state index contributed by atoms with van der Waals surface area (Å²) in [6.07, 6.45) is 4.99. The molecule has 4 aromatic heterocycles. The third-order valence-electron chi connectivity index (χ3n) is 5.25. The highest BCUT2D eigenvalue weighted by Crippen LogP contribution is 2.32. The van der Waals surface area contributed by atoms with Crippen LogP contribution in [0.5, 0.6) is 0 Å². The van der Waals surface area contributed by atoms with Gasteiger partial charge in [-0.15, -0.1) is 0 Å².